The summed E-state index contributed by atoms with van der Waals surface area (Å²) in [5.41, 5.74) is -10.7. The highest BCUT2D eigenvalue weighted by molar-refractivity contribution is 6.05. The van der Waals surface area contributed by atoms with E-state index in [2.05, 4.69) is 9.47 Å². The fourth-order valence-electron chi connectivity index (χ4n) is 5.85. The Morgan fingerprint density at radius 2 is 1.12 bits per heavy atom. The van der Waals surface area contributed by atoms with E-state index in [9.17, 15) is 60.8 Å². The topological polar surface area (TPSA) is 167 Å². The summed E-state index contributed by atoms with van der Waals surface area (Å²) in [5.74, 6) is -6.66. The Kier molecular flexibility index (Phi) is 12.1. The number of para-hydroxylation sites is 1. The highest BCUT2D eigenvalue weighted by Crippen LogP contribution is 2.47. The predicted molar refractivity (Wildman–Crippen MR) is 171 cm³/mol. The molecule has 2 atom stereocenters. The molecule has 18 heteroatoms. The number of nitrogens with zero attached hydrogens (tertiary/aromatic N) is 2. The fraction of sp³-hybridized carbons (Fsp3) is 0.412. The van der Waals surface area contributed by atoms with Gasteiger partial charge in [-0.2, -0.15) is 26.3 Å². The van der Waals surface area contributed by atoms with Gasteiger partial charge in [-0.05, 0) is 44.9 Å². The molecular weight excluding hydrogens is 710 g/mol. The van der Waals surface area contributed by atoms with Crippen LogP contribution in [0.4, 0.5) is 26.3 Å². The molecular formula is C34H36F6N2O10. The van der Waals surface area contributed by atoms with E-state index in [-0.39, 0.29) is 41.4 Å². The molecule has 0 amide bonds. The molecule has 2 heterocycles. The second kappa shape index (κ2) is 15.2. The summed E-state index contributed by atoms with van der Waals surface area (Å²) >= 11 is 0. The van der Waals surface area contributed by atoms with Crippen LogP contribution in [0.15, 0.2) is 42.5 Å². The predicted octanol–water partition coefficient (Wildman–Crippen LogP) is 5.42. The molecule has 52 heavy (non-hydrogen) atoms. The van der Waals surface area contributed by atoms with Crippen LogP contribution in [0.3, 0.4) is 0 Å². The van der Waals surface area contributed by atoms with Crippen LogP contribution in [0.2, 0.25) is 0 Å². The number of ether oxygens (including phenoxy) is 3. The van der Waals surface area contributed by atoms with Crippen LogP contribution in [0.1, 0.15) is 65.4 Å². The monoisotopic (exact) mass is 746 g/mol. The molecule has 0 aliphatic rings. The quantitative estimate of drug-likeness (QED) is 0.108. The Morgan fingerprint density at radius 1 is 0.654 bits per heavy atom. The molecule has 0 saturated heterocycles. The first-order valence-electron chi connectivity index (χ1n) is 15.6. The highest BCUT2D eigenvalue weighted by Gasteiger charge is 2.66. The lowest BCUT2D eigenvalue weighted by molar-refractivity contribution is -0.268. The molecule has 4 rings (SSSR count). The summed E-state index contributed by atoms with van der Waals surface area (Å²) in [6.07, 6.45) is -10.6. The van der Waals surface area contributed by atoms with Crippen molar-refractivity contribution in [3.63, 3.8) is 0 Å². The van der Waals surface area contributed by atoms with Gasteiger partial charge in [0.05, 0.1) is 19.8 Å². The van der Waals surface area contributed by atoms with Crippen molar-refractivity contribution in [2.45, 2.75) is 57.7 Å². The number of carbonyl (C=O) groups is 4. The van der Waals surface area contributed by atoms with E-state index in [0.717, 1.165) is 9.13 Å². The van der Waals surface area contributed by atoms with E-state index in [4.69, 9.17) is 4.74 Å². The molecule has 0 radical (unpaired) electrons. The smallest absolute Gasteiger partial charge is 0.432 e. The molecule has 0 saturated carbocycles. The number of esters is 3. The van der Waals surface area contributed by atoms with Gasteiger partial charge in [0.2, 0.25) is 0 Å². The Bertz CT molecular complexity index is 2000. The van der Waals surface area contributed by atoms with Gasteiger partial charge in [-0.25, -0.2) is 19.2 Å². The molecule has 284 valence electrons. The molecule has 2 aromatic carbocycles. The van der Waals surface area contributed by atoms with Crippen LogP contribution in [-0.4, -0.2) is 80.5 Å². The molecule has 12 nitrogen and oxygen atoms in total. The third kappa shape index (κ3) is 6.79. The third-order valence-corrected chi connectivity index (χ3v) is 8.16. The number of aliphatic hydroxyl groups is 2. The van der Waals surface area contributed by atoms with Gasteiger partial charge >= 0.3 is 36.2 Å². The number of aromatic carboxylic acids is 1. The first-order chi connectivity index (χ1) is 24.1. The van der Waals surface area contributed by atoms with Crippen LogP contribution < -0.4 is 0 Å². The normalized spacial score (nSPS) is 14.2. The maximum absolute atomic E-state index is 13.8. The number of aromatic nitrogens is 2. The first kappa shape index (κ1) is 41.3. The number of carboxylic acid groups (broad SMARTS) is 1. The number of aryl methyl sites for hydroxylation is 3. The summed E-state index contributed by atoms with van der Waals surface area (Å²) in [7, 11) is 2.61. The number of hydrogen-bond donors (Lipinski definition) is 3. The summed E-state index contributed by atoms with van der Waals surface area (Å²) < 4.78 is 98.9. The van der Waals surface area contributed by atoms with Crippen molar-refractivity contribution in [1.82, 2.24) is 9.13 Å². The SMILES string of the molecule is CCOC(=O)C(O)(c1c(C(=O)O)n(C)c2cccc(CC)c12)C(F)(F)F.CCOC(=O)c1c(C(O)(C(=O)OCC)C(F)(F)F)c2ccccc2n1C. The minimum absolute atomic E-state index is 0.0936. The molecule has 0 aliphatic carbocycles. The van der Waals surface area contributed by atoms with Crippen molar-refractivity contribution in [2.75, 3.05) is 19.8 Å². The van der Waals surface area contributed by atoms with Gasteiger partial charge in [-0.3, -0.25) is 0 Å². The molecule has 4 aromatic rings. The van der Waals surface area contributed by atoms with E-state index >= 15 is 0 Å². The molecule has 0 fully saturated rings. The summed E-state index contributed by atoms with van der Waals surface area (Å²) in [4.78, 5) is 48.3. The average molecular weight is 747 g/mol. The lowest BCUT2D eigenvalue weighted by Crippen LogP contribution is -2.51. The Labute approximate surface area is 292 Å². The number of carboxylic acids is 1. The maximum atomic E-state index is 13.8. The zero-order chi connectivity index (χ0) is 39.6. The fourth-order valence-corrected chi connectivity index (χ4v) is 5.85. The first-order valence-corrected chi connectivity index (χ1v) is 15.6. The van der Waals surface area contributed by atoms with Crippen LogP contribution in [-0.2, 0) is 55.5 Å². The molecule has 0 aliphatic heterocycles. The molecule has 0 bridgehead atoms. The van der Waals surface area contributed by atoms with Crippen LogP contribution in [0.5, 0.6) is 0 Å². The number of halogens is 6. The Hall–Kier alpha value is -5.10. The van der Waals surface area contributed by atoms with Crippen molar-refractivity contribution in [1.29, 1.82) is 0 Å². The van der Waals surface area contributed by atoms with Crippen LogP contribution in [0, 0.1) is 0 Å². The van der Waals surface area contributed by atoms with E-state index in [1.807, 2.05) is 0 Å². The van der Waals surface area contributed by atoms with Gasteiger partial charge in [0, 0.05) is 47.0 Å². The molecule has 2 unspecified atom stereocenters. The molecule has 3 N–H and O–H groups in total. The van der Waals surface area contributed by atoms with Crippen LogP contribution >= 0.6 is 0 Å². The Morgan fingerprint density at radius 3 is 1.58 bits per heavy atom. The maximum Gasteiger partial charge on any atom is 0.432 e. The second-order valence-electron chi connectivity index (χ2n) is 11.1. The number of benzene rings is 2. The van der Waals surface area contributed by atoms with Gasteiger partial charge in [-0.1, -0.05) is 37.3 Å². The number of rotatable bonds is 10. The molecule has 0 spiro atoms. The van der Waals surface area contributed by atoms with Crippen molar-refractivity contribution in [2.24, 2.45) is 14.1 Å². The third-order valence-electron chi connectivity index (χ3n) is 8.16. The summed E-state index contributed by atoms with van der Waals surface area (Å²) in [6, 6.07) is 10.2. The van der Waals surface area contributed by atoms with Gasteiger partial charge < -0.3 is 38.7 Å². The van der Waals surface area contributed by atoms with Gasteiger partial charge in [-0.15, -0.1) is 0 Å². The minimum atomic E-state index is -5.49. The minimum Gasteiger partial charge on any atom is -0.477 e. The lowest BCUT2D eigenvalue weighted by atomic mass is 9.88. The lowest BCUT2D eigenvalue weighted by Gasteiger charge is -2.29. The zero-order valence-electron chi connectivity index (χ0n) is 28.7. The zero-order valence-corrected chi connectivity index (χ0v) is 28.7. The second-order valence-corrected chi connectivity index (χ2v) is 11.1. The molecule has 2 aromatic heterocycles. The summed E-state index contributed by atoms with van der Waals surface area (Å²) in [6.45, 7) is 4.87. The van der Waals surface area contributed by atoms with E-state index < -0.39 is 76.6 Å². The van der Waals surface area contributed by atoms with Crippen molar-refractivity contribution in [3.05, 3.63) is 70.5 Å². The largest absolute Gasteiger partial charge is 0.477 e. The van der Waals surface area contributed by atoms with E-state index in [0.29, 0.717) is 5.56 Å². The van der Waals surface area contributed by atoms with E-state index in [1.165, 1.54) is 65.2 Å². The Balaban J connectivity index is 0.000000280. The highest BCUT2D eigenvalue weighted by atomic mass is 19.4. The van der Waals surface area contributed by atoms with Gasteiger partial charge in [0.1, 0.15) is 11.4 Å². The van der Waals surface area contributed by atoms with Crippen molar-refractivity contribution >= 4 is 45.7 Å². The standard InChI is InChI=1S/2C17H18F3NO5/c1-4-25-14(22)13-12(10-8-6-7-9-11(10)21(13)3)16(24,17(18,19)20)15(23)26-5-2;1-4-9-7-6-8-10-11(9)12(13(14(22)23)21(10)3)16(25,17(18,19)20)15(24)26-5-2/h6-9,24H,4-5H2,1-3H3;6-8,25H,4-5H2,1-3H3,(H,22,23). The van der Waals surface area contributed by atoms with Gasteiger partial charge in [0.15, 0.2) is 0 Å². The number of fused-ring (bicyclic) bond motifs is 2. The van der Waals surface area contributed by atoms with E-state index in [1.54, 1.807) is 19.1 Å². The number of alkyl halides is 6. The van der Waals surface area contributed by atoms with Crippen molar-refractivity contribution in [3.8, 4) is 0 Å². The number of hydrogen-bond acceptors (Lipinski definition) is 9. The van der Waals surface area contributed by atoms with Gasteiger partial charge in [0.25, 0.3) is 11.2 Å². The number of carbonyl (C=O) groups excluding carboxylic acids is 3. The average Bonchev–Trinajstić information content (AvgIpc) is 3.55. The van der Waals surface area contributed by atoms with Crippen LogP contribution in [0.25, 0.3) is 21.8 Å². The van der Waals surface area contributed by atoms with Crippen molar-refractivity contribution < 1.29 is 75.1 Å². The summed E-state index contributed by atoms with van der Waals surface area (Å²) in [5, 5.41) is 30.3.